The molecule has 29 heavy (non-hydrogen) atoms. The molecule has 4 rings (SSSR count). The molecule has 7 nitrogen and oxygen atoms in total. The second kappa shape index (κ2) is 7.05. The minimum absolute atomic E-state index is 0.313. The fraction of sp³-hybridized carbons (Fsp3) is 0.190. The monoisotopic (exact) mass is 394 g/mol. The van der Waals surface area contributed by atoms with Gasteiger partial charge in [0.1, 0.15) is 28.7 Å². The van der Waals surface area contributed by atoms with E-state index in [1.54, 1.807) is 57.1 Å². The van der Waals surface area contributed by atoms with E-state index in [0.29, 0.717) is 50.8 Å². The molecule has 0 unspecified atom stereocenters. The van der Waals surface area contributed by atoms with Crippen LogP contribution in [0.5, 0.6) is 5.75 Å². The van der Waals surface area contributed by atoms with Crippen LogP contribution >= 0.6 is 0 Å². The fourth-order valence-electron chi connectivity index (χ4n) is 3.37. The van der Waals surface area contributed by atoms with Crippen LogP contribution in [-0.4, -0.2) is 34.8 Å². The smallest absolute Gasteiger partial charge is 0.255 e. The summed E-state index contributed by atoms with van der Waals surface area (Å²) in [7, 11) is 4.89. The van der Waals surface area contributed by atoms with Gasteiger partial charge in [0.25, 0.3) is 5.91 Å². The first-order valence-corrected chi connectivity index (χ1v) is 8.93. The number of nitrogens with zero attached hydrogens (tertiary/aromatic N) is 3. The van der Waals surface area contributed by atoms with Gasteiger partial charge in [0.05, 0.1) is 18.2 Å². The fourth-order valence-corrected chi connectivity index (χ4v) is 3.37. The molecular formula is C21H19FN4O3. The topological polar surface area (TPSA) is 82.2 Å². The van der Waals surface area contributed by atoms with Crippen molar-refractivity contribution in [3.05, 3.63) is 53.6 Å². The van der Waals surface area contributed by atoms with Crippen molar-refractivity contribution in [2.24, 2.45) is 7.05 Å². The Morgan fingerprint density at radius 1 is 1.24 bits per heavy atom. The summed E-state index contributed by atoms with van der Waals surface area (Å²) < 4.78 is 26.7. The molecule has 2 aromatic heterocycles. The van der Waals surface area contributed by atoms with Crippen molar-refractivity contribution < 1.29 is 18.3 Å². The van der Waals surface area contributed by atoms with Crippen LogP contribution in [0.2, 0.25) is 0 Å². The van der Waals surface area contributed by atoms with Crippen molar-refractivity contribution in [1.29, 1.82) is 0 Å². The zero-order chi connectivity index (χ0) is 20.7. The standard InChI is InChI=1S/C21H19FN4O3/c1-11-24-20(26(3)25-11)15-10-17-14(9-16(15)28-4)18(21(27)23-2)19(29-17)12-5-7-13(22)8-6-12/h5-10H,1-4H3,(H,23,27). The van der Waals surface area contributed by atoms with Gasteiger partial charge < -0.3 is 14.5 Å². The lowest BCUT2D eigenvalue weighted by molar-refractivity contribution is 0.0964. The molecule has 0 saturated carbocycles. The Kier molecular flexibility index (Phi) is 4.54. The van der Waals surface area contributed by atoms with Gasteiger partial charge in [-0.05, 0) is 43.3 Å². The summed E-state index contributed by atoms with van der Waals surface area (Å²) in [5.74, 6) is 1.45. The second-order valence-corrected chi connectivity index (χ2v) is 6.55. The van der Waals surface area contributed by atoms with Crippen LogP contribution < -0.4 is 10.1 Å². The van der Waals surface area contributed by atoms with Crippen molar-refractivity contribution in [3.63, 3.8) is 0 Å². The second-order valence-electron chi connectivity index (χ2n) is 6.55. The van der Waals surface area contributed by atoms with Crippen molar-refractivity contribution in [3.8, 4) is 28.5 Å². The van der Waals surface area contributed by atoms with E-state index in [1.807, 2.05) is 0 Å². The predicted octanol–water partition coefficient (Wildman–Crippen LogP) is 3.71. The van der Waals surface area contributed by atoms with Gasteiger partial charge in [-0.15, -0.1) is 0 Å². The number of ether oxygens (including phenoxy) is 1. The van der Waals surface area contributed by atoms with E-state index in [-0.39, 0.29) is 11.7 Å². The lowest BCUT2D eigenvalue weighted by Crippen LogP contribution is -2.18. The molecule has 148 valence electrons. The SMILES string of the molecule is CNC(=O)c1c(-c2ccc(F)cc2)oc2cc(-c3nc(C)nn3C)c(OC)cc12. The highest BCUT2D eigenvalue weighted by molar-refractivity contribution is 6.12. The van der Waals surface area contributed by atoms with Crippen LogP contribution in [0.4, 0.5) is 4.39 Å². The van der Waals surface area contributed by atoms with Crippen LogP contribution in [0.25, 0.3) is 33.7 Å². The summed E-state index contributed by atoms with van der Waals surface area (Å²) in [5.41, 5.74) is 2.12. The first-order valence-electron chi connectivity index (χ1n) is 8.93. The largest absolute Gasteiger partial charge is 0.496 e. The van der Waals surface area contributed by atoms with Gasteiger partial charge in [-0.2, -0.15) is 5.10 Å². The number of carbonyl (C=O) groups is 1. The highest BCUT2D eigenvalue weighted by Crippen LogP contribution is 2.40. The maximum Gasteiger partial charge on any atom is 0.255 e. The van der Waals surface area contributed by atoms with Crippen LogP contribution in [-0.2, 0) is 7.05 Å². The first kappa shape index (κ1) is 18.7. The Labute approximate surface area is 166 Å². The number of rotatable bonds is 4. The number of aryl methyl sites for hydroxylation is 2. The summed E-state index contributed by atoms with van der Waals surface area (Å²) >= 11 is 0. The molecule has 0 spiro atoms. The molecule has 2 heterocycles. The molecule has 0 bridgehead atoms. The summed E-state index contributed by atoms with van der Waals surface area (Å²) in [4.78, 5) is 17.1. The molecule has 1 amide bonds. The lowest BCUT2D eigenvalue weighted by Gasteiger charge is -2.08. The average molecular weight is 394 g/mol. The van der Waals surface area contributed by atoms with Crippen molar-refractivity contribution in [1.82, 2.24) is 20.1 Å². The molecule has 0 fully saturated rings. The van der Waals surface area contributed by atoms with E-state index in [1.165, 1.54) is 12.1 Å². The number of halogens is 1. The molecule has 0 aliphatic carbocycles. The Morgan fingerprint density at radius 3 is 2.55 bits per heavy atom. The normalized spacial score (nSPS) is 11.1. The van der Waals surface area contributed by atoms with Crippen LogP contribution in [0.1, 0.15) is 16.2 Å². The van der Waals surface area contributed by atoms with Gasteiger partial charge in [0.15, 0.2) is 5.82 Å². The van der Waals surface area contributed by atoms with E-state index in [2.05, 4.69) is 15.4 Å². The zero-order valence-corrected chi connectivity index (χ0v) is 16.4. The minimum Gasteiger partial charge on any atom is -0.496 e. The van der Waals surface area contributed by atoms with E-state index in [9.17, 15) is 9.18 Å². The number of hydrogen-bond donors (Lipinski definition) is 1. The number of furan rings is 1. The Balaban J connectivity index is 2.01. The number of hydrogen-bond acceptors (Lipinski definition) is 5. The summed E-state index contributed by atoms with van der Waals surface area (Å²) in [5, 5.41) is 7.51. The van der Waals surface area contributed by atoms with Crippen molar-refractivity contribution in [2.45, 2.75) is 6.92 Å². The van der Waals surface area contributed by atoms with Crippen LogP contribution in [0.3, 0.4) is 0 Å². The molecule has 4 aromatic rings. The number of benzene rings is 2. The molecule has 0 aliphatic heterocycles. The third kappa shape index (κ3) is 3.12. The third-order valence-corrected chi connectivity index (χ3v) is 4.68. The summed E-state index contributed by atoms with van der Waals surface area (Å²) in [6, 6.07) is 9.31. The maximum atomic E-state index is 13.4. The predicted molar refractivity (Wildman–Crippen MR) is 106 cm³/mol. The molecule has 1 N–H and O–H groups in total. The molecular weight excluding hydrogens is 375 g/mol. The van der Waals surface area contributed by atoms with Crippen molar-refractivity contribution in [2.75, 3.05) is 14.2 Å². The van der Waals surface area contributed by atoms with E-state index in [4.69, 9.17) is 9.15 Å². The van der Waals surface area contributed by atoms with E-state index in [0.717, 1.165) is 0 Å². The number of fused-ring (bicyclic) bond motifs is 1. The number of methoxy groups -OCH3 is 1. The molecule has 8 heteroatoms. The highest BCUT2D eigenvalue weighted by Gasteiger charge is 2.24. The van der Waals surface area contributed by atoms with Gasteiger partial charge in [0.2, 0.25) is 0 Å². The molecule has 0 aliphatic rings. The molecule has 0 atom stereocenters. The van der Waals surface area contributed by atoms with E-state index >= 15 is 0 Å². The number of carbonyl (C=O) groups excluding carboxylic acids is 1. The van der Waals surface area contributed by atoms with Crippen molar-refractivity contribution >= 4 is 16.9 Å². The van der Waals surface area contributed by atoms with Gasteiger partial charge in [-0.3, -0.25) is 4.79 Å². The van der Waals surface area contributed by atoms with Gasteiger partial charge in [0, 0.05) is 25.0 Å². The average Bonchev–Trinajstić information content (AvgIpc) is 3.25. The van der Waals surface area contributed by atoms with Gasteiger partial charge in [-0.25, -0.2) is 14.1 Å². The zero-order valence-electron chi connectivity index (χ0n) is 16.4. The van der Waals surface area contributed by atoms with Crippen LogP contribution in [0.15, 0.2) is 40.8 Å². The molecule has 2 aromatic carbocycles. The molecule has 0 saturated heterocycles. The number of nitrogens with one attached hydrogen (secondary N) is 1. The first-order chi connectivity index (χ1) is 13.9. The summed E-state index contributed by atoms with van der Waals surface area (Å²) in [6.07, 6.45) is 0. The van der Waals surface area contributed by atoms with Crippen LogP contribution in [0, 0.1) is 12.7 Å². The quantitative estimate of drug-likeness (QED) is 0.571. The van der Waals surface area contributed by atoms with Gasteiger partial charge in [-0.1, -0.05) is 0 Å². The maximum absolute atomic E-state index is 13.4. The Morgan fingerprint density at radius 2 is 1.97 bits per heavy atom. The number of amides is 1. The Bertz CT molecular complexity index is 1230. The highest BCUT2D eigenvalue weighted by atomic mass is 19.1. The lowest BCUT2D eigenvalue weighted by atomic mass is 10.0. The third-order valence-electron chi connectivity index (χ3n) is 4.68. The number of aromatic nitrogens is 3. The van der Waals surface area contributed by atoms with Gasteiger partial charge >= 0.3 is 0 Å². The Hall–Kier alpha value is -3.68. The minimum atomic E-state index is -0.368. The molecule has 0 radical (unpaired) electrons. The summed E-state index contributed by atoms with van der Waals surface area (Å²) in [6.45, 7) is 1.80. The van der Waals surface area contributed by atoms with E-state index < -0.39 is 0 Å².